The van der Waals surface area contributed by atoms with E-state index < -0.39 is 6.10 Å². The van der Waals surface area contributed by atoms with Gasteiger partial charge in [0.15, 0.2) is 0 Å². The number of methoxy groups -OCH3 is 1. The van der Waals surface area contributed by atoms with Crippen LogP contribution >= 0.6 is 0 Å². The van der Waals surface area contributed by atoms with Crippen molar-refractivity contribution < 1.29 is 19.4 Å². The van der Waals surface area contributed by atoms with Crippen molar-refractivity contribution >= 4 is 5.97 Å². The molecule has 1 atom stereocenters. The SMILES string of the molecule is COC(=O)C1CCN(C[C@H](O)COc2cccc(CNCc3cccnc3)c2)CC1. The Bertz CT molecular complexity index is 779. The van der Waals surface area contributed by atoms with Crippen molar-refractivity contribution in [1.29, 1.82) is 0 Å². The van der Waals surface area contributed by atoms with Gasteiger partial charge < -0.3 is 24.8 Å². The zero-order chi connectivity index (χ0) is 21.2. The molecule has 0 radical (unpaired) electrons. The van der Waals surface area contributed by atoms with Crippen LogP contribution in [0.4, 0.5) is 0 Å². The quantitative estimate of drug-likeness (QED) is 0.577. The maximum atomic E-state index is 11.6. The van der Waals surface area contributed by atoms with E-state index in [4.69, 9.17) is 9.47 Å². The number of aromatic nitrogens is 1. The average molecular weight is 414 g/mol. The summed E-state index contributed by atoms with van der Waals surface area (Å²) >= 11 is 0. The molecule has 30 heavy (non-hydrogen) atoms. The molecule has 1 aromatic carbocycles. The first-order valence-electron chi connectivity index (χ1n) is 10.4. The zero-order valence-electron chi connectivity index (χ0n) is 17.5. The summed E-state index contributed by atoms with van der Waals surface area (Å²) in [5.41, 5.74) is 2.26. The summed E-state index contributed by atoms with van der Waals surface area (Å²) in [5, 5.41) is 13.7. The molecule has 0 unspecified atom stereocenters. The van der Waals surface area contributed by atoms with Crippen molar-refractivity contribution in [3.63, 3.8) is 0 Å². The van der Waals surface area contributed by atoms with Crippen LogP contribution in [0.15, 0.2) is 48.8 Å². The molecule has 0 spiro atoms. The fourth-order valence-electron chi connectivity index (χ4n) is 3.66. The van der Waals surface area contributed by atoms with Crippen molar-refractivity contribution in [1.82, 2.24) is 15.2 Å². The number of hydrogen-bond donors (Lipinski definition) is 2. The Morgan fingerprint density at radius 3 is 2.73 bits per heavy atom. The maximum absolute atomic E-state index is 11.6. The lowest BCUT2D eigenvalue weighted by Crippen LogP contribution is -2.42. The molecular formula is C23H31N3O4. The Kier molecular flexibility index (Phi) is 8.62. The van der Waals surface area contributed by atoms with Gasteiger partial charge in [-0.15, -0.1) is 0 Å². The Labute approximate surface area is 178 Å². The third kappa shape index (κ3) is 7.09. The summed E-state index contributed by atoms with van der Waals surface area (Å²) in [6, 6.07) is 11.9. The van der Waals surface area contributed by atoms with Crippen molar-refractivity contribution in [2.75, 3.05) is 33.4 Å². The van der Waals surface area contributed by atoms with Crippen LogP contribution in [0.5, 0.6) is 5.75 Å². The number of nitrogens with one attached hydrogen (secondary N) is 1. The molecule has 1 fully saturated rings. The van der Waals surface area contributed by atoms with Crippen molar-refractivity contribution in [2.45, 2.75) is 32.0 Å². The van der Waals surface area contributed by atoms with Crippen LogP contribution < -0.4 is 10.1 Å². The number of benzene rings is 1. The summed E-state index contributed by atoms with van der Waals surface area (Å²) < 4.78 is 10.6. The number of aliphatic hydroxyl groups is 1. The predicted octanol–water partition coefficient (Wildman–Crippen LogP) is 2.00. The number of esters is 1. The standard InChI is InChI=1S/C23H31N3O4/c1-29-23(28)20-7-10-26(11-8-20)16-21(27)17-30-22-6-2-4-18(12-22)13-25-15-19-5-3-9-24-14-19/h2-6,9,12,14,20-21,25,27H,7-8,10-11,13,15-17H2,1H3/t21-/m0/s1. The number of carbonyl (C=O) groups is 1. The van der Waals surface area contributed by atoms with Crippen LogP contribution in [0.3, 0.4) is 0 Å². The van der Waals surface area contributed by atoms with Crippen LogP contribution in [-0.4, -0.2) is 60.4 Å². The fourth-order valence-corrected chi connectivity index (χ4v) is 3.66. The Morgan fingerprint density at radius 2 is 2.00 bits per heavy atom. The van der Waals surface area contributed by atoms with Gasteiger partial charge >= 0.3 is 5.97 Å². The van der Waals surface area contributed by atoms with Crippen LogP contribution in [-0.2, 0) is 22.6 Å². The highest BCUT2D eigenvalue weighted by Gasteiger charge is 2.26. The molecule has 0 bridgehead atoms. The van der Waals surface area contributed by atoms with Gasteiger partial charge in [-0.2, -0.15) is 0 Å². The van der Waals surface area contributed by atoms with E-state index in [1.165, 1.54) is 7.11 Å². The molecule has 0 aliphatic carbocycles. The molecule has 7 nitrogen and oxygen atoms in total. The third-order valence-electron chi connectivity index (χ3n) is 5.31. The number of piperidine rings is 1. The number of β-amino-alcohol motifs (C(OH)–C–C–N with tert-alkyl or cyclic N) is 1. The third-order valence-corrected chi connectivity index (χ3v) is 5.31. The lowest BCUT2D eigenvalue weighted by molar-refractivity contribution is -0.147. The second-order valence-corrected chi connectivity index (χ2v) is 7.68. The van der Waals surface area contributed by atoms with Crippen molar-refractivity contribution in [3.8, 4) is 5.75 Å². The predicted molar refractivity (Wildman–Crippen MR) is 114 cm³/mol. The molecule has 2 N–H and O–H groups in total. The van der Waals surface area contributed by atoms with E-state index >= 15 is 0 Å². The van der Waals surface area contributed by atoms with Gasteiger partial charge in [-0.25, -0.2) is 0 Å². The molecule has 0 amide bonds. The first-order valence-corrected chi connectivity index (χ1v) is 10.4. The molecule has 1 aliphatic heterocycles. The van der Waals surface area contributed by atoms with Crippen LogP contribution in [0, 0.1) is 5.92 Å². The van der Waals surface area contributed by atoms with Gasteiger partial charge in [0.1, 0.15) is 18.5 Å². The van der Waals surface area contributed by atoms with E-state index in [-0.39, 0.29) is 18.5 Å². The summed E-state index contributed by atoms with van der Waals surface area (Å²) in [6.45, 7) is 3.83. The highest BCUT2D eigenvalue weighted by Crippen LogP contribution is 2.19. The molecule has 2 heterocycles. The smallest absolute Gasteiger partial charge is 0.308 e. The average Bonchev–Trinajstić information content (AvgIpc) is 2.79. The minimum Gasteiger partial charge on any atom is -0.491 e. The summed E-state index contributed by atoms with van der Waals surface area (Å²) in [4.78, 5) is 17.9. The zero-order valence-corrected chi connectivity index (χ0v) is 17.5. The Balaban J connectivity index is 1.37. The van der Waals surface area contributed by atoms with Crippen LogP contribution in [0.25, 0.3) is 0 Å². The molecular weight excluding hydrogens is 382 g/mol. The van der Waals surface area contributed by atoms with Crippen LogP contribution in [0.2, 0.25) is 0 Å². The highest BCUT2D eigenvalue weighted by atomic mass is 16.5. The maximum Gasteiger partial charge on any atom is 0.308 e. The van der Waals surface area contributed by atoms with E-state index in [0.717, 1.165) is 55.9 Å². The van der Waals surface area contributed by atoms with E-state index in [2.05, 4.69) is 15.2 Å². The molecule has 0 saturated carbocycles. The van der Waals surface area contributed by atoms with Gasteiger partial charge in [-0.05, 0) is 55.3 Å². The largest absolute Gasteiger partial charge is 0.491 e. The van der Waals surface area contributed by atoms with Crippen molar-refractivity contribution in [2.24, 2.45) is 5.92 Å². The Morgan fingerprint density at radius 1 is 1.23 bits per heavy atom. The van der Waals surface area contributed by atoms with E-state index in [0.29, 0.717) is 6.54 Å². The normalized spacial score (nSPS) is 16.2. The number of aliphatic hydroxyl groups excluding tert-OH is 1. The van der Waals surface area contributed by atoms with E-state index in [1.807, 2.05) is 42.6 Å². The second kappa shape index (κ2) is 11.6. The lowest BCUT2D eigenvalue weighted by atomic mass is 9.97. The van der Waals surface area contributed by atoms with E-state index in [9.17, 15) is 9.90 Å². The second-order valence-electron chi connectivity index (χ2n) is 7.68. The molecule has 7 heteroatoms. The molecule has 1 saturated heterocycles. The number of carbonyl (C=O) groups excluding carboxylic acids is 1. The van der Waals surface area contributed by atoms with Crippen molar-refractivity contribution in [3.05, 3.63) is 59.9 Å². The first kappa shape index (κ1) is 22.2. The van der Waals surface area contributed by atoms with E-state index in [1.54, 1.807) is 6.20 Å². The molecule has 162 valence electrons. The minimum atomic E-state index is -0.577. The Hall–Kier alpha value is -2.48. The number of likely N-dealkylation sites (tertiary alicyclic amines) is 1. The number of hydrogen-bond acceptors (Lipinski definition) is 7. The first-order chi connectivity index (χ1) is 14.6. The molecule has 1 aliphatic rings. The summed E-state index contributed by atoms with van der Waals surface area (Å²) in [5.74, 6) is 0.599. The number of rotatable bonds is 10. The minimum absolute atomic E-state index is 0.0193. The summed E-state index contributed by atoms with van der Waals surface area (Å²) in [7, 11) is 1.43. The molecule has 3 rings (SSSR count). The topological polar surface area (TPSA) is 83.9 Å². The van der Waals surface area contributed by atoms with Gasteiger partial charge in [0.25, 0.3) is 0 Å². The molecule has 2 aromatic rings. The lowest BCUT2D eigenvalue weighted by Gasteiger charge is -2.31. The molecule has 1 aromatic heterocycles. The van der Waals surface area contributed by atoms with Crippen LogP contribution in [0.1, 0.15) is 24.0 Å². The summed E-state index contributed by atoms with van der Waals surface area (Å²) in [6.07, 6.45) is 4.59. The number of nitrogens with zero attached hydrogens (tertiary/aromatic N) is 2. The fraction of sp³-hybridized carbons (Fsp3) is 0.478. The van der Waals surface area contributed by atoms with Gasteiger partial charge in [0.2, 0.25) is 0 Å². The highest BCUT2D eigenvalue weighted by molar-refractivity contribution is 5.72. The monoisotopic (exact) mass is 413 g/mol. The van der Waals surface area contributed by atoms with Gasteiger partial charge in [0.05, 0.1) is 13.0 Å². The van der Waals surface area contributed by atoms with Gasteiger partial charge in [-0.1, -0.05) is 18.2 Å². The number of pyridine rings is 1. The van der Waals surface area contributed by atoms with Gasteiger partial charge in [0, 0.05) is 32.0 Å². The van der Waals surface area contributed by atoms with Gasteiger partial charge in [-0.3, -0.25) is 9.78 Å². The number of ether oxygens (including phenoxy) is 2.